The van der Waals surface area contributed by atoms with E-state index in [0.717, 1.165) is 0 Å². The maximum Gasteiger partial charge on any atom is 0.312 e. The van der Waals surface area contributed by atoms with Crippen molar-refractivity contribution in [1.82, 2.24) is 4.90 Å². The third-order valence-corrected chi connectivity index (χ3v) is 4.70. The van der Waals surface area contributed by atoms with Crippen molar-refractivity contribution in [1.29, 1.82) is 0 Å². The van der Waals surface area contributed by atoms with Gasteiger partial charge in [0, 0.05) is 24.2 Å². The van der Waals surface area contributed by atoms with Crippen LogP contribution in [0.3, 0.4) is 0 Å². The van der Waals surface area contributed by atoms with Crippen molar-refractivity contribution in [3.8, 4) is 0 Å². The number of Topliss-reactive ketones (excluding diaryl/α,β-unsaturated/α-hetero) is 1. The maximum absolute atomic E-state index is 12.4. The molecule has 1 saturated heterocycles. The minimum Gasteiger partial charge on any atom is -0.467 e. The van der Waals surface area contributed by atoms with Crippen LogP contribution in [-0.2, 0) is 25.7 Å². The fourth-order valence-corrected chi connectivity index (χ4v) is 3.03. The lowest BCUT2D eigenvalue weighted by atomic mass is 10.1. The summed E-state index contributed by atoms with van der Waals surface area (Å²) >= 11 is 0. The van der Waals surface area contributed by atoms with E-state index in [4.69, 9.17) is 9.15 Å². The van der Waals surface area contributed by atoms with E-state index < -0.39 is 23.9 Å². The maximum atomic E-state index is 12.4. The summed E-state index contributed by atoms with van der Waals surface area (Å²) in [5.74, 6) is -1.30. The molecule has 1 N–H and O–H groups in total. The molecule has 8 nitrogen and oxygen atoms in total. The minimum absolute atomic E-state index is 0.0421. The molecular weight excluding hydrogens is 376 g/mol. The molecule has 1 aliphatic rings. The van der Waals surface area contributed by atoms with Gasteiger partial charge < -0.3 is 19.4 Å². The molecule has 2 atom stereocenters. The van der Waals surface area contributed by atoms with Crippen LogP contribution in [-0.4, -0.2) is 41.1 Å². The van der Waals surface area contributed by atoms with Crippen LogP contribution in [0.1, 0.15) is 36.4 Å². The highest BCUT2D eigenvalue weighted by Gasteiger charge is 2.36. The zero-order valence-electron chi connectivity index (χ0n) is 16.2. The smallest absolute Gasteiger partial charge is 0.312 e. The predicted octanol–water partition coefficient (Wildman–Crippen LogP) is 2.40. The summed E-state index contributed by atoms with van der Waals surface area (Å²) in [4.78, 5) is 49.6. The highest BCUT2D eigenvalue weighted by atomic mass is 16.5. The first-order valence-corrected chi connectivity index (χ1v) is 9.26. The Labute approximate surface area is 167 Å². The summed E-state index contributed by atoms with van der Waals surface area (Å²) in [5, 5.41) is 2.63. The summed E-state index contributed by atoms with van der Waals surface area (Å²) in [5.41, 5.74) is 1.02. The van der Waals surface area contributed by atoms with E-state index in [1.165, 1.54) is 25.0 Å². The fraction of sp³-hybridized carbons (Fsp3) is 0.333. The second-order valence-corrected chi connectivity index (χ2v) is 6.96. The van der Waals surface area contributed by atoms with Gasteiger partial charge in [0.15, 0.2) is 11.9 Å². The number of carbonyl (C=O) groups is 4. The van der Waals surface area contributed by atoms with Crippen molar-refractivity contribution >= 4 is 29.3 Å². The molecule has 2 amide bonds. The molecule has 29 heavy (non-hydrogen) atoms. The molecule has 0 unspecified atom stereocenters. The number of nitrogens with zero attached hydrogens (tertiary/aromatic N) is 1. The van der Waals surface area contributed by atoms with Crippen LogP contribution in [0.15, 0.2) is 47.1 Å². The van der Waals surface area contributed by atoms with Gasteiger partial charge >= 0.3 is 5.97 Å². The van der Waals surface area contributed by atoms with Gasteiger partial charge in [0.2, 0.25) is 5.91 Å². The summed E-state index contributed by atoms with van der Waals surface area (Å²) in [7, 11) is 0. The van der Waals surface area contributed by atoms with Gasteiger partial charge in [0.25, 0.3) is 5.91 Å². The predicted molar refractivity (Wildman–Crippen MR) is 103 cm³/mol. The van der Waals surface area contributed by atoms with Gasteiger partial charge in [-0.15, -0.1) is 0 Å². The highest BCUT2D eigenvalue weighted by Crippen LogP contribution is 2.22. The standard InChI is InChI=1S/C21H22N2O6/c1-13(24)15-5-7-17(8-6-15)22-20(26)14(2)29-21(27)16-10-19(25)23(11-16)12-18-4-3-9-28-18/h3-9,14,16H,10-12H2,1-2H3,(H,22,26)/t14-,16+/m1/s1. The Balaban J connectivity index is 1.51. The van der Waals surface area contributed by atoms with Crippen molar-refractivity contribution in [3.05, 3.63) is 54.0 Å². The molecule has 2 heterocycles. The second-order valence-electron chi connectivity index (χ2n) is 6.96. The number of anilines is 1. The fourth-order valence-electron chi connectivity index (χ4n) is 3.03. The summed E-state index contributed by atoms with van der Waals surface area (Å²) in [6.45, 7) is 3.44. The molecule has 3 rings (SSSR count). The molecule has 1 aromatic heterocycles. The zero-order chi connectivity index (χ0) is 21.0. The van der Waals surface area contributed by atoms with Gasteiger partial charge in [-0.1, -0.05) is 0 Å². The van der Waals surface area contributed by atoms with E-state index in [2.05, 4.69) is 5.32 Å². The highest BCUT2D eigenvalue weighted by molar-refractivity contribution is 5.97. The average molecular weight is 398 g/mol. The Bertz CT molecular complexity index is 904. The van der Waals surface area contributed by atoms with E-state index in [-0.39, 0.29) is 24.7 Å². The molecule has 1 aliphatic heterocycles. The number of ether oxygens (including phenoxy) is 1. The molecule has 1 aromatic carbocycles. The van der Waals surface area contributed by atoms with Crippen LogP contribution in [0.5, 0.6) is 0 Å². The molecular formula is C21H22N2O6. The first-order chi connectivity index (χ1) is 13.8. The van der Waals surface area contributed by atoms with Gasteiger partial charge in [-0.05, 0) is 50.2 Å². The number of ketones is 1. The number of esters is 1. The van der Waals surface area contributed by atoms with Crippen molar-refractivity contribution in [2.75, 3.05) is 11.9 Å². The van der Waals surface area contributed by atoms with Gasteiger partial charge in [-0.2, -0.15) is 0 Å². The number of carbonyl (C=O) groups excluding carboxylic acids is 4. The largest absolute Gasteiger partial charge is 0.467 e. The Kier molecular flexibility index (Phi) is 6.11. The van der Waals surface area contributed by atoms with Crippen molar-refractivity contribution in [3.63, 3.8) is 0 Å². The van der Waals surface area contributed by atoms with Gasteiger partial charge in [-0.25, -0.2) is 0 Å². The van der Waals surface area contributed by atoms with E-state index in [1.54, 1.807) is 36.4 Å². The SMILES string of the molecule is CC(=O)c1ccc(NC(=O)[C@@H](C)OC(=O)[C@H]2CC(=O)N(Cc3ccco3)C2)cc1. The van der Waals surface area contributed by atoms with Gasteiger partial charge in [0.1, 0.15) is 5.76 Å². The van der Waals surface area contributed by atoms with Crippen LogP contribution in [0, 0.1) is 5.92 Å². The molecule has 2 aromatic rings. The molecule has 1 fully saturated rings. The lowest BCUT2D eigenvalue weighted by Gasteiger charge is -2.17. The third kappa shape index (κ3) is 5.10. The van der Waals surface area contributed by atoms with Crippen LogP contribution in [0.25, 0.3) is 0 Å². The molecule has 0 aliphatic carbocycles. The second kappa shape index (κ2) is 8.72. The first kappa shape index (κ1) is 20.3. The van der Waals surface area contributed by atoms with E-state index >= 15 is 0 Å². The third-order valence-electron chi connectivity index (χ3n) is 4.70. The number of likely N-dealkylation sites (tertiary alicyclic amines) is 1. The zero-order valence-corrected chi connectivity index (χ0v) is 16.2. The summed E-state index contributed by atoms with van der Waals surface area (Å²) in [6, 6.07) is 9.90. The Hall–Kier alpha value is -3.42. The molecule has 0 radical (unpaired) electrons. The van der Waals surface area contributed by atoms with Crippen molar-refractivity contribution < 1.29 is 28.3 Å². The summed E-state index contributed by atoms with van der Waals surface area (Å²) in [6.07, 6.45) is 0.542. The summed E-state index contributed by atoms with van der Waals surface area (Å²) < 4.78 is 10.5. The first-order valence-electron chi connectivity index (χ1n) is 9.26. The number of hydrogen-bond acceptors (Lipinski definition) is 6. The van der Waals surface area contributed by atoms with Crippen molar-refractivity contribution in [2.24, 2.45) is 5.92 Å². The Morgan fingerprint density at radius 1 is 1.24 bits per heavy atom. The lowest BCUT2D eigenvalue weighted by Crippen LogP contribution is -2.33. The van der Waals surface area contributed by atoms with E-state index in [9.17, 15) is 19.2 Å². The quantitative estimate of drug-likeness (QED) is 0.567. The molecule has 0 saturated carbocycles. The molecule has 0 spiro atoms. The minimum atomic E-state index is -1.02. The Morgan fingerprint density at radius 3 is 2.59 bits per heavy atom. The number of amides is 2. The number of nitrogens with one attached hydrogen (secondary N) is 1. The van der Waals surface area contributed by atoms with Gasteiger partial charge in [0.05, 0.1) is 18.7 Å². The lowest BCUT2D eigenvalue weighted by molar-refractivity contribution is -0.157. The van der Waals surface area contributed by atoms with Crippen molar-refractivity contribution in [2.45, 2.75) is 32.9 Å². The monoisotopic (exact) mass is 398 g/mol. The topological polar surface area (TPSA) is 106 Å². The normalized spacial score (nSPS) is 17.1. The average Bonchev–Trinajstić information content (AvgIpc) is 3.32. The molecule has 0 bridgehead atoms. The van der Waals surface area contributed by atoms with E-state index in [1.807, 2.05) is 0 Å². The number of rotatable bonds is 7. The number of benzene rings is 1. The van der Waals surface area contributed by atoms with E-state index in [0.29, 0.717) is 23.6 Å². The van der Waals surface area contributed by atoms with Crippen LogP contribution in [0.2, 0.25) is 0 Å². The molecule has 8 heteroatoms. The van der Waals surface area contributed by atoms with Gasteiger partial charge in [-0.3, -0.25) is 19.2 Å². The number of hydrogen-bond donors (Lipinski definition) is 1. The van der Waals surface area contributed by atoms with Crippen LogP contribution < -0.4 is 5.32 Å². The van der Waals surface area contributed by atoms with Crippen LogP contribution in [0.4, 0.5) is 5.69 Å². The number of furan rings is 1. The Morgan fingerprint density at radius 2 is 1.97 bits per heavy atom. The molecule has 152 valence electrons. The van der Waals surface area contributed by atoms with Crippen LogP contribution >= 0.6 is 0 Å².